The average molecular weight is 198 g/mol. The van der Waals surface area contributed by atoms with Crippen molar-refractivity contribution in [3.05, 3.63) is 42.7 Å². The second kappa shape index (κ2) is 5.76. The van der Waals surface area contributed by atoms with Crippen LogP contribution in [0.25, 0.3) is 0 Å². The van der Waals surface area contributed by atoms with Crippen molar-refractivity contribution in [2.75, 3.05) is 0 Å². The molecule has 0 saturated heterocycles. The molecular formula is C11H16ClN. The van der Waals surface area contributed by atoms with Crippen molar-refractivity contribution in [2.45, 2.75) is 26.3 Å². The van der Waals surface area contributed by atoms with E-state index in [-0.39, 0.29) is 12.4 Å². The maximum atomic E-state index is 3.76. The van der Waals surface area contributed by atoms with Crippen molar-refractivity contribution in [3.63, 3.8) is 0 Å². The Bertz CT molecular complexity index is 253. The van der Waals surface area contributed by atoms with Crippen molar-refractivity contribution in [2.24, 2.45) is 0 Å². The molecule has 1 heterocycles. The Balaban J connectivity index is 0.00000144. The predicted octanol–water partition coefficient (Wildman–Crippen LogP) is -0.712. The van der Waals surface area contributed by atoms with Crippen LogP contribution in [0, 0.1) is 0 Å². The average Bonchev–Trinajstić information content (AvgIpc) is 2.17. The van der Waals surface area contributed by atoms with Gasteiger partial charge < -0.3 is 12.4 Å². The van der Waals surface area contributed by atoms with Gasteiger partial charge in [0.15, 0.2) is 18.4 Å². The lowest BCUT2D eigenvalue weighted by Crippen LogP contribution is -3.00. The third-order valence-corrected chi connectivity index (χ3v) is 2.14. The highest BCUT2D eigenvalue weighted by Gasteiger charge is 2.05. The number of aryl methyl sites for hydroxylation is 1. The highest BCUT2D eigenvalue weighted by Crippen LogP contribution is 1.99. The minimum absolute atomic E-state index is 0. The number of halogens is 1. The van der Waals surface area contributed by atoms with Gasteiger partial charge in [0.25, 0.3) is 0 Å². The molecule has 72 valence electrons. The molecule has 0 bridgehead atoms. The van der Waals surface area contributed by atoms with Crippen LogP contribution in [0.3, 0.4) is 0 Å². The molecule has 1 unspecified atom stereocenters. The molecule has 0 aliphatic heterocycles. The summed E-state index contributed by atoms with van der Waals surface area (Å²) in [6.07, 6.45) is 7.24. The second-order valence-electron chi connectivity index (χ2n) is 2.98. The molecule has 1 aromatic heterocycles. The Morgan fingerprint density at radius 3 is 2.38 bits per heavy atom. The maximum absolute atomic E-state index is 3.76. The molecular weight excluding hydrogens is 182 g/mol. The van der Waals surface area contributed by atoms with Crippen LogP contribution >= 0.6 is 0 Å². The fourth-order valence-corrected chi connectivity index (χ4v) is 1.10. The monoisotopic (exact) mass is 197 g/mol. The highest BCUT2D eigenvalue weighted by atomic mass is 35.5. The Labute approximate surface area is 86.5 Å². The molecule has 1 aromatic rings. The molecule has 2 heteroatoms. The molecule has 1 nitrogen and oxygen atoms in total. The van der Waals surface area contributed by atoms with E-state index < -0.39 is 0 Å². The highest BCUT2D eigenvalue weighted by molar-refractivity contribution is 5.06. The molecule has 0 fully saturated rings. The summed E-state index contributed by atoms with van der Waals surface area (Å²) in [6, 6.07) is 4.69. The first-order chi connectivity index (χ1) is 5.77. The van der Waals surface area contributed by atoms with Crippen LogP contribution in [0.2, 0.25) is 0 Å². The lowest BCUT2D eigenvalue weighted by atomic mass is 10.2. The van der Waals surface area contributed by atoms with Crippen LogP contribution in [0.15, 0.2) is 37.2 Å². The second-order valence-corrected chi connectivity index (χ2v) is 2.98. The van der Waals surface area contributed by atoms with E-state index in [1.165, 1.54) is 5.56 Å². The fourth-order valence-electron chi connectivity index (χ4n) is 1.10. The predicted molar refractivity (Wildman–Crippen MR) is 50.9 cm³/mol. The number of hydrogen-bond acceptors (Lipinski definition) is 0. The largest absolute Gasteiger partial charge is 1.00 e. The zero-order valence-corrected chi connectivity index (χ0v) is 8.96. The number of hydrogen-bond donors (Lipinski definition) is 0. The van der Waals surface area contributed by atoms with Crippen LogP contribution in [0.5, 0.6) is 0 Å². The van der Waals surface area contributed by atoms with Crippen molar-refractivity contribution in [1.82, 2.24) is 0 Å². The van der Waals surface area contributed by atoms with Gasteiger partial charge in [0.1, 0.15) is 0 Å². The number of pyridine rings is 1. The van der Waals surface area contributed by atoms with Crippen molar-refractivity contribution < 1.29 is 17.0 Å². The Hall–Kier alpha value is -0.820. The Kier molecular flexibility index (Phi) is 5.40. The van der Waals surface area contributed by atoms with E-state index >= 15 is 0 Å². The molecule has 0 amide bonds. The van der Waals surface area contributed by atoms with Gasteiger partial charge in [-0.25, -0.2) is 0 Å². The van der Waals surface area contributed by atoms with Crippen molar-refractivity contribution >= 4 is 0 Å². The number of rotatable bonds is 3. The van der Waals surface area contributed by atoms with Crippen molar-refractivity contribution in [1.29, 1.82) is 0 Å². The normalized spacial score (nSPS) is 11.5. The van der Waals surface area contributed by atoms with E-state index in [0.717, 1.165) is 6.42 Å². The molecule has 1 rings (SSSR count). The maximum Gasteiger partial charge on any atom is 0.173 e. The van der Waals surface area contributed by atoms with E-state index in [1.807, 2.05) is 6.08 Å². The van der Waals surface area contributed by atoms with Crippen LogP contribution in [0.4, 0.5) is 0 Å². The van der Waals surface area contributed by atoms with E-state index in [0.29, 0.717) is 6.04 Å². The Morgan fingerprint density at radius 2 is 2.00 bits per heavy atom. The molecule has 0 aliphatic rings. The molecule has 0 radical (unpaired) electrons. The molecule has 0 saturated carbocycles. The molecule has 0 spiro atoms. The summed E-state index contributed by atoms with van der Waals surface area (Å²) >= 11 is 0. The number of nitrogens with zero attached hydrogens (tertiary/aromatic N) is 1. The van der Waals surface area contributed by atoms with Gasteiger partial charge in [-0.1, -0.05) is 13.5 Å². The van der Waals surface area contributed by atoms with E-state index in [2.05, 4.69) is 49.5 Å². The van der Waals surface area contributed by atoms with Gasteiger partial charge in [-0.15, -0.1) is 0 Å². The van der Waals surface area contributed by atoms with E-state index in [1.54, 1.807) is 0 Å². The summed E-state index contributed by atoms with van der Waals surface area (Å²) < 4.78 is 2.14. The summed E-state index contributed by atoms with van der Waals surface area (Å²) in [5.74, 6) is 0. The van der Waals surface area contributed by atoms with Gasteiger partial charge in [0.05, 0.1) is 0 Å². The van der Waals surface area contributed by atoms with Crippen molar-refractivity contribution in [3.8, 4) is 0 Å². The minimum Gasteiger partial charge on any atom is -1.00 e. The molecule has 13 heavy (non-hydrogen) atoms. The first-order valence-electron chi connectivity index (χ1n) is 4.40. The third kappa shape index (κ3) is 3.19. The van der Waals surface area contributed by atoms with Gasteiger partial charge >= 0.3 is 0 Å². The first kappa shape index (κ1) is 12.2. The fraction of sp³-hybridized carbons (Fsp3) is 0.364. The number of aromatic nitrogens is 1. The topological polar surface area (TPSA) is 3.88 Å². The number of allylic oxidation sites excluding steroid dienone is 1. The quantitative estimate of drug-likeness (QED) is 0.445. The zero-order chi connectivity index (χ0) is 8.97. The molecule has 0 aliphatic carbocycles. The minimum atomic E-state index is 0. The van der Waals surface area contributed by atoms with Crippen LogP contribution in [0.1, 0.15) is 25.5 Å². The van der Waals surface area contributed by atoms with Gasteiger partial charge in [-0.2, -0.15) is 4.57 Å². The summed E-state index contributed by atoms with van der Waals surface area (Å²) in [7, 11) is 0. The molecule has 0 N–H and O–H groups in total. The summed E-state index contributed by atoms with van der Waals surface area (Å²) in [6.45, 7) is 8.05. The first-order valence-corrected chi connectivity index (χ1v) is 4.40. The smallest absolute Gasteiger partial charge is 0.173 e. The SMILES string of the molecule is C=CC(C)[n+]1ccc(CC)cc1.[Cl-]. The van der Waals surface area contributed by atoms with Gasteiger partial charge in [-0.05, 0) is 18.1 Å². The summed E-state index contributed by atoms with van der Waals surface area (Å²) in [5, 5.41) is 0. The Morgan fingerprint density at radius 1 is 1.46 bits per heavy atom. The van der Waals surface area contributed by atoms with Gasteiger partial charge in [-0.3, -0.25) is 0 Å². The lowest BCUT2D eigenvalue weighted by molar-refractivity contribution is -0.709. The molecule has 0 aromatic carbocycles. The van der Waals surface area contributed by atoms with Crippen LogP contribution < -0.4 is 17.0 Å². The summed E-state index contributed by atoms with van der Waals surface area (Å²) in [5.41, 5.74) is 1.38. The van der Waals surface area contributed by atoms with Crippen LogP contribution in [-0.4, -0.2) is 0 Å². The van der Waals surface area contributed by atoms with E-state index in [4.69, 9.17) is 0 Å². The lowest BCUT2D eigenvalue weighted by Gasteiger charge is -2.00. The van der Waals surface area contributed by atoms with Crippen LogP contribution in [-0.2, 0) is 6.42 Å². The standard InChI is InChI=1S/C11H16N.ClH/c1-4-10(3)12-8-6-11(5-2)7-9-12;/h4,6-10H,1,5H2,2-3H3;1H/q+1;/p-1. The zero-order valence-electron chi connectivity index (χ0n) is 8.20. The van der Waals surface area contributed by atoms with Gasteiger partial charge in [0, 0.05) is 19.1 Å². The molecule has 1 atom stereocenters. The summed E-state index contributed by atoms with van der Waals surface area (Å²) in [4.78, 5) is 0. The third-order valence-electron chi connectivity index (χ3n) is 2.14. The van der Waals surface area contributed by atoms with Gasteiger partial charge in [0.2, 0.25) is 0 Å². The van der Waals surface area contributed by atoms with E-state index in [9.17, 15) is 0 Å².